The lowest BCUT2D eigenvalue weighted by Crippen LogP contribution is -2.38. The molecule has 0 aliphatic carbocycles. The second-order valence-corrected chi connectivity index (χ2v) is 9.86. The second kappa shape index (κ2) is 4.66. The number of phenolic OH excluding ortho intramolecular Hbond substituents is 1. The summed E-state index contributed by atoms with van der Waals surface area (Å²) in [5.41, 5.74) is 0.397. The van der Waals surface area contributed by atoms with E-state index in [2.05, 4.69) is 4.99 Å². The smallest absolute Gasteiger partial charge is 0.270 e. The highest BCUT2D eigenvalue weighted by Gasteiger charge is 2.25. The third-order valence-electron chi connectivity index (χ3n) is 2.41. The molecule has 1 N–H and O–H groups in total. The first-order valence-electron chi connectivity index (χ1n) is 5.21. The SMILES string of the molecule is CN=Cc1cc([N+](=O)[O-])cc([Si](C)(C)C)c1O. The van der Waals surface area contributed by atoms with Crippen LogP contribution in [-0.2, 0) is 0 Å². The quantitative estimate of drug-likeness (QED) is 0.386. The molecule has 0 saturated carbocycles. The summed E-state index contributed by atoms with van der Waals surface area (Å²) in [6.07, 6.45) is 1.44. The molecule has 17 heavy (non-hydrogen) atoms. The van der Waals surface area contributed by atoms with Gasteiger partial charge >= 0.3 is 0 Å². The number of nitrogens with zero attached hydrogens (tertiary/aromatic N) is 2. The van der Waals surface area contributed by atoms with E-state index in [-0.39, 0.29) is 11.4 Å². The molecule has 1 aromatic rings. The van der Waals surface area contributed by atoms with Crippen LogP contribution in [0.1, 0.15) is 5.56 Å². The summed E-state index contributed by atoms with van der Waals surface area (Å²) in [6, 6.07) is 2.81. The first-order valence-corrected chi connectivity index (χ1v) is 8.71. The first kappa shape index (κ1) is 13.4. The van der Waals surface area contributed by atoms with Crippen LogP contribution in [-0.4, -0.2) is 31.4 Å². The van der Waals surface area contributed by atoms with Crippen molar-refractivity contribution in [3.05, 3.63) is 27.8 Å². The minimum absolute atomic E-state index is 0.00451. The molecule has 0 spiro atoms. The Morgan fingerprint density at radius 1 is 1.41 bits per heavy atom. The number of nitro benzene ring substituents is 1. The number of hydrogen-bond acceptors (Lipinski definition) is 4. The number of phenols is 1. The molecule has 1 rings (SSSR count). The highest BCUT2D eigenvalue weighted by molar-refractivity contribution is 6.89. The molecule has 0 amide bonds. The predicted octanol–water partition coefficient (Wildman–Crippen LogP) is 1.89. The van der Waals surface area contributed by atoms with Crippen molar-refractivity contribution in [1.82, 2.24) is 0 Å². The van der Waals surface area contributed by atoms with E-state index in [0.29, 0.717) is 10.8 Å². The van der Waals surface area contributed by atoms with Crippen LogP contribution >= 0.6 is 0 Å². The topological polar surface area (TPSA) is 75.7 Å². The predicted molar refractivity (Wildman–Crippen MR) is 71.3 cm³/mol. The molecule has 0 aliphatic heterocycles. The monoisotopic (exact) mass is 252 g/mol. The maximum atomic E-state index is 10.8. The molecule has 5 nitrogen and oxygen atoms in total. The number of hydrogen-bond donors (Lipinski definition) is 1. The molecule has 0 aromatic heterocycles. The summed E-state index contributed by atoms with van der Waals surface area (Å²) in [5.74, 6) is 0.111. The Kier molecular flexibility index (Phi) is 3.67. The lowest BCUT2D eigenvalue weighted by atomic mass is 10.2. The highest BCUT2D eigenvalue weighted by Crippen LogP contribution is 2.23. The Labute approximate surface area is 101 Å². The van der Waals surface area contributed by atoms with Gasteiger partial charge in [0.2, 0.25) is 0 Å². The Morgan fingerprint density at radius 3 is 2.41 bits per heavy atom. The Bertz CT molecular complexity index is 478. The Morgan fingerprint density at radius 2 is 2.00 bits per heavy atom. The van der Waals surface area contributed by atoms with Gasteiger partial charge in [-0.05, 0) is 5.19 Å². The van der Waals surface area contributed by atoms with Gasteiger partial charge < -0.3 is 5.11 Å². The minimum Gasteiger partial charge on any atom is -0.507 e. The minimum atomic E-state index is -1.83. The van der Waals surface area contributed by atoms with Crippen molar-refractivity contribution >= 4 is 25.2 Å². The third kappa shape index (κ3) is 2.91. The standard InChI is InChI=1S/C11H16N2O3Si/c1-12-7-8-5-9(13(15)16)6-10(11(8)14)17(2,3)4/h5-7,14H,1-4H3. The van der Waals surface area contributed by atoms with Crippen LogP contribution in [0.3, 0.4) is 0 Å². The molecule has 0 saturated heterocycles. The first-order chi connectivity index (χ1) is 7.77. The summed E-state index contributed by atoms with van der Waals surface area (Å²) >= 11 is 0. The van der Waals surface area contributed by atoms with Gasteiger partial charge in [-0.2, -0.15) is 0 Å². The van der Waals surface area contributed by atoms with Crippen molar-refractivity contribution in [2.24, 2.45) is 4.99 Å². The number of non-ortho nitro benzene ring substituents is 1. The Balaban J connectivity index is 3.54. The van der Waals surface area contributed by atoms with Crippen LogP contribution < -0.4 is 5.19 Å². The molecule has 92 valence electrons. The summed E-state index contributed by atoms with van der Waals surface area (Å²) in [4.78, 5) is 14.2. The molecular weight excluding hydrogens is 236 g/mol. The van der Waals surface area contributed by atoms with Crippen LogP contribution in [0.15, 0.2) is 17.1 Å². The molecule has 0 fully saturated rings. The average molecular weight is 252 g/mol. The molecule has 0 atom stereocenters. The van der Waals surface area contributed by atoms with Gasteiger partial charge in [0.15, 0.2) is 0 Å². The summed E-state index contributed by atoms with van der Waals surface area (Å²) < 4.78 is 0. The van der Waals surface area contributed by atoms with Gasteiger partial charge in [0.25, 0.3) is 5.69 Å². The summed E-state index contributed by atoms with van der Waals surface area (Å²) in [5, 5.41) is 21.6. The molecule has 0 radical (unpaired) electrons. The zero-order chi connectivity index (χ0) is 13.2. The van der Waals surface area contributed by atoms with Crippen LogP contribution in [0.4, 0.5) is 5.69 Å². The van der Waals surface area contributed by atoms with Crippen molar-refractivity contribution < 1.29 is 10.0 Å². The molecule has 1 aromatic carbocycles. The van der Waals surface area contributed by atoms with Gasteiger partial charge in [-0.3, -0.25) is 15.1 Å². The zero-order valence-corrected chi connectivity index (χ0v) is 11.4. The van der Waals surface area contributed by atoms with E-state index >= 15 is 0 Å². The van der Waals surface area contributed by atoms with Crippen LogP contribution in [0.25, 0.3) is 0 Å². The fourth-order valence-corrected chi connectivity index (χ4v) is 2.99. The maximum Gasteiger partial charge on any atom is 0.270 e. The second-order valence-electron chi connectivity index (χ2n) is 4.83. The van der Waals surface area contributed by atoms with E-state index in [1.54, 1.807) is 7.05 Å². The van der Waals surface area contributed by atoms with Crippen LogP contribution in [0.5, 0.6) is 5.75 Å². The van der Waals surface area contributed by atoms with Crippen molar-refractivity contribution in [3.8, 4) is 5.75 Å². The van der Waals surface area contributed by atoms with E-state index in [1.807, 2.05) is 19.6 Å². The fourth-order valence-electron chi connectivity index (χ4n) is 1.56. The van der Waals surface area contributed by atoms with Crippen molar-refractivity contribution in [1.29, 1.82) is 0 Å². The van der Waals surface area contributed by atoms with Crippen LogP contribution in [0.2, 0.25) is 19.6 Å². The van der Waals surface area contributed by atoms with E-state index in [0.717, 1.165) is 0 Å². The molecule has 0 aliphatic rings. The van der Waals surface area contributed by atoms with Crippen LogP contribution in [0, 0.1) is 10.1 Å². The van der Waals surface area contributed by atoms with Crippen molar-refractivity contribution in [2.75, 3.05) is 7.05 Å². The van der Waals surface area contributed by atoms with Gasteiger partial charge in [-0.25, -0.2) is 0 Å². The van der Waals surface area contributed by atoms with E-state index < -0.39 is 13.0 Å². The van der Waals surface area contributed by atoms with E-state index in [1.165, 1.54) is 18.3 Å². The van der Waals surface area contributed by atoms with Gasteiger partial charge in [0, 0.05) is 31.0 Å². The van der Waals surface area contributed by atoms with Gasteiger partial charge in [0.05, 0.1) is 13.0 Å². The van der Waals surface area contributed by atoms with Gasteiger partial charge in [0.1, 0.15) is 5.75 Å². The lowest BCUT2D eigenvalue weighted by molar-refractivity contribution is -0.384. The summed E-state index contributed by atoms with van der Waals surface area (Å²) in [7, 11) is -0.270. The normalized spacial score (nSPS) is 12.0. The fraction of sp³-hybridized carbons (Fsp3) is 0.364. The van der Waals surface area contributed by atoms with Crippen molar-refractivity contribution in [3.63, 3.8) is 0 Å². The van der Waals surface area contributed by atoms with E-state index in [4.69, 9.17) is 0 Å². The molecular formula is C11H16N2O3Si. The van der Waals surface area contributed by atoms with E-state index in [9.17, 15) is 15.2 Å². The number of benzene rings is 1. The third-order valence-corrected chi connectivity index (χ3v) is 4.41. The number of nitro groups is 1. The molecule has 6 heteroatoms. The van der Waals surface area contributed by atoms with Crippen molar-refractivity contribution in [2.45, 2.75) is 19.6 Å². The zero-order valence-electron chi connectivity index (χ0n) is 10.4. The molecule has 0 unspecified atom stereocenters. The largest absolute Gasteiger partial charge is 0.507 e. The molecule has 0 bridgehead atoms. The summed E-state index contributed by atoms with van der Waals surface area (Å²) in [6.45, 7) is 6.08. The Hall–Kier alpha value is -1.69. The number of aromatic hydroxyl groups is 1. The lowest BCUT2D eigenvalue weighted by Gasteiger charge is -2.18. The number of rotatable bonds is 3. The molecule has 0 heterocycles. The average Bonchev–Trinajstić information content (AvgIpc) is 2.19. The highest BCUT2D eigenvalue weighted by atomic mass is 28.3. The maximum absolute atomic E-state index is 10.8. The van der Waals surface area contributed by atoms with Gasteiger partial charge in [-0.15, -0.1) is 0 Å². The van der Waals surface area contributed by atoms with Gasteiger partial charge in [-0.1, -0.05) is 19.6 Å². The number of aliphatic imine (C=N–C) groups is 1.